The highest BCUT2D eigenvalue weighted by Gasteiger charge is 2.22. The second-order valence-electron chi connectivity index (χ2n) is 9.97. The van der Waals surface area contributed by atoms with Crippen LogP contribution >= 0.6 is 0 Å². The van der Waals surface area contributed by atoms with Crippen LogP contribution in [0.2, 0.25) is 0 Å². The van der Waals surface area contributed by atoms with Crippen LogP contribution in [-0.4, -0.2) is 61.3 Å². The van der Waals surface area contributed by atoms with E-state index in [9.17, 15) is 14.4 Å². The highest BCUT2D eigenvalue weighted by atomic mass is 16.6. The van der Waals surface area contributed by atoms with E-state index in [1.54, 1.807) is 41.5 Å². The molecule has 1 rings (SSSR count). The van der Waals surface area contributed by atoms with Crippen LogP contribution in [0.3, 0.4) is 0 Å². The Kier molecular flexibility index (Phi) is 11.6. The third-order valence-corrected chi connectivity index (χ3v) is 4.29. The molecule has 3 amide bonds. The van der Waals surface area contributed by atoms with Crippen molar-refractivity contribution in [3.05, 3.63) is 35.9 Å². The lowest BCUT2D eigenvalue weighted by Crippen LogP contribution is -2.52. The summed E-state index contributed by atoms with van der Waals surface area (Å²) in [7, 11) is 0. The molecule has 0 saturated heterocycles. The highest BCUT2D eigenvalue weighted by molar-refractivity contribution is 5.68. The van der Waals surface area contributed by atoms with Gasteiger partial charge in [0.2, 0.25) is 0 Å². The van der Waals surface area contributed by atoms with Crippen molar-refractivity contribution >= 4 is 18.3 Å². The summed E-state index contributed by atoms with van der Waals surface area (Å²) in [6.07, 6.45) is -0.847. The third-order valence-electron chi connectivity index (χ3n) is 4.29. The Labute approximate surface area is 202 Å². The van der Waals surface area contributed by atoms with Gasteiger partial charge in [0.15, 0.2) is 0 Å². The van der Waals surface area contributed by atoms with Gasteiger partial charge >= 0.3 is 18.3 Å². The molecule has 0 aromatic heterocycles. The highest BCUT2D eigenvalue weighted by Crippen LogP contribution is 2.09. The molecule has 192 valence electrons. The predicted molar refractivity (Wildman–Crippen MR) is 129 cm³/mol. The summed E-state index contributed by atoms with van der Waals surface area (Å²) < 4.78 is 15.5. The van der Waals surface area contributed by atoms with Gasteiger partial charge in [0.25, 0.3) is 0 Å². The molecule has 0 aliphatic carbocycles. The van der Waals surface area contributed by atoms with Crippen molar-refractivity contribution < 1.29 is 28.6 Å². The zero-order chi connectivity index (χ0) is 25.8. The van der Waals surface area contributed by atoms with Gasteiger partial charge in [-0.2, -0.15) is 0 Å². The number of carbonyl (C=O) groups excluding carboxylic acids is 3. The van der Waals surface area contributed by atoms with Crippen molar-refractivity contribution in [1.82, 2.24) is 16.0 Å². The number of nitrogens with two attached hydrogens (primary N) is 1. The van der Waals surface area contributed by atoms with E-state index in [1.807, 2.05) is 30.3 Å². The van der Waals surface area contributed by atoms with Gasteiger partial charge in [0.05, 0.1) is 6.61 Å². The minimum atomic E-state index is -0.840. The van der Waals surface area contributed by atoms with Crippen LogP contribution in [-0.2, 0) is 20.6 Å². The quantitative estimate of drug-likeness (QED) is 0.357. The summed E-state index contributed by atoms with van der Waals surface area (Å²) in [5.41, 5.74) is 4.90. The molecule has 0 spiro atoms. The number of carbonyl (C=O) groups is 3. The van der Waals surface area contributed by atoms with Crippen LogP contribution in [0.15, 0.2) is 30.3 Å². The molecular formula is C24H40N4O6. The average Bonchev–Trinajstić information content (AvgIpc) is 2.67. The van der Waals surface area contributed by atoms with Gasteiger partial charge in [-0.15, -0.1) is 0 Å². The van der Waals surface area contributed by atoms with Crippen molar-refractivity contribution in [2.75, 3.05) is 19.7 Å². The van der Waals surface area contributed by atoms with Gasteiger partial charge in [-0.1, -0.05) is 30.3 Å². The van der Waals surface area contributed by atoms with E-state index in [2.05, 4.69) is 16.0 Å². The largest absolute Gasteiger partial charge is 0.450 e. The van der Waals surface area contributed by atoms with Gasteiger partial charge < -0.3 is 35.9 Å². The summed E-state index contributed by atoms with van der Waals surface area (Å²) in [5, 5.41) is 8.91. The zero-order valence-corrected chi connectivity index (χ0v) is 21.1. The van der Waals surface area contributed by atoms with E-state index < -0.39 is 29.5 Å². The number of hydrogen-bond acceptors (Lipinski definition) is 7. The summed E-state index contributed by atoms with van der Waals surface area (Å²) in [6, 6.07) is 9.32. The van der Waals surface area contributed by atoms with Crippen molar-refractivity contribution in [2.24, 2.45) is 5.73 Å². The molecular weight excluding hydrogens is 440 g/mol. The van der Waals surface area contributed by atoms with Gasteiger partial charge in [0.1, 0.15) is 11.2 Å². The number of ether oxygens (including phenoxy) is 3. The Morgan fingerprint density at radius 2 is 1.35 bits per heavy atom. The van der Waals surface area contributed by atoms with E-state index in [-0.39, 0.29) is 31.8 Å². The molecule has 1 unspecified atom stereocenters. The molecule has 1 aromatic carbocycles. The number of amides is 3. The monoisotopic (exact) mass is 480 g/mol. The van der Waals surface area contributed by atoms with E-state index in [1.165, 1.54) is 0 Å². The van der Waals surface area contributed by atoms with Crippen LogP contribution in [0.1, 0.15) is 53.5 Å². The second-order valence-corrected chi connectivity index (χ2v) is 9.97. The van der Waals surface area contributed by atoms with Crippen molar-refractivity contribution in [2.45, 2.75) is 77.7 Å². The summed E-state index contributed by atoms with van der Waals surface area (Å²) in [6.45, 7) is 11.2. The molecule has 0 bridgehead atoms. The summed E-state index contributed by atoms with van der Waals surface area (Å²) in [5.74, 6) is 0. The van der Waals surface area contributed by atoms with Crippen LogP contribution < -0.4 is 21.7 Å². The first kappa shape index (κ1) is 29.0. The maximum absolute atomic E-state index is 12.2. The standard InChI is InChI=1S/C24H40N4O6/c1-23(2,3)33-21(30)26-15-19(16-27-22(31)34-24(4,5)6)28-18(12-13-32-20(25)29)14-17-10-8-7-9-11-17/h7-11,18-19,28H,12-16H2,1-6H3,(H2,25,29)(H,26,30)(H,27,31). The van der Waals surface area contributed by atoms with E-state index in [4.69, 9.17) is 19.9 Å². The fraction of sp³-hybridized carbons (Fsp3) is 0.625. The molecule has 0 aliphatic rings. The predicted octanol–water partition coefficient (Wildman–Crippen LogP) is 3.09. The molecule has 0 saturated carbocycles. The van der Waals surface area contributed by atoms with Crippen LogP contribution in [0.5, 0.6) is 0 Å². The smallest absolute Gasteiger partial charge is 0.407 e. The zero-order valence-electron chi connectivity index (χ0n) is 21.1. The number of alkyl carbamates (subject to hydrolysis) is 2. The van der Waals surface area contributed by atoms with Crippen molar-refractivity contribution in [1.29, 1.82) is 0 Å². The fourth-order valence-electron chi connectivity index (χ4n) is 3.01. The molecule has 10 heteroatoms. The number of primary amides is 1. The maximum atomic E-state index is 12.2. The van der Waals surface area contributed by atoms with Gasteiger partial charge in [0, 0.05) is 25.2 Å². The van der Waals surface area contributed by atoms with Crippen molar-refractivity contribution in [3.63, 3.8) is 0 Å². The average molecular weight is 481 g/mol. The summed E-state index contributed by atoms with van der Waals surface area (Å²) in [4.78, 5) is 35.3. The fourth-order valence-corrected chi connectivity index (χ4v) is 3.01. The molecule has 1 atom stereocenters. The summed E-state index contributed by atoms with van der Waals surface area (Å²) >= 11 is 0. The van der Waals surface area contributed by atoms with Crippen LogP contribution in [0.25, 0.3) is 0 Å². The Hall–Kier alpha value is -3.01. The molecule has 10 nitrogen and oxygen atoms in total. The lowest BCUT2D eigenvalue weighted by Gasteiger charge is -2.28. The van der Waals surface area contributed by atoms with Crippen molar-refractivity contribution in [3.8, 4) is 0 Å². The second kappa shape index (κ2) is 13.6. The molecule has 0 heterocycles. The molecule has 1 aromatic rings. The molecule has 0 aliphatic heterocycles. The lowest BCUT2D eigenvalue weighted by atomic mass is 10.0. The molecule has 5 N–H and O–H groups in total. The third kappa shape index (κ3) is 14.9. The number of rotatable bonds is 11. The van der Waals surface area contributed by atoms with Gasteiger partial charge in [-0.05, 0) is 59.9 Å². The van der Waals surface area contributed by atoms with E-state index in [0.717, 1.165) is 5.56 Å². The Morgan fingerprint density at radius 3 is 1.79 bits per heavy atom. The Morgan fingerprint density at radius 1 is 0.853 bits per heavy atom. The lowest BCUT2D eigenvalue weighted by molar-refractivity contribution is 0.0512. The minimum Gasteiger partial charge on any atom is -0.450 e. The number of hydrogen-bond donors (Lipinski definition) is 4. The van der Waals surface area contributed by atoms with E-state index >= 15 is 0 Å². The first-order valence-electron chi connectivity index (χ1n) is 11.4. The van der Waals surface area contributed by atoms with Crippen LogP contribution in [0, 0.1) is 0 Å². The molecule has 0 fully saturated rings. The maximum Gasteiger partial charge on any atom is 0.407 e. The van der Waals surface area contributed by atoms with Gasteiger partial charge in [-0.3, -0.25) is 0 Å². The Balaban J connectivity index is 2.87. The topological polar surface area (TPSA) is 141 Å². The SMILES string of the molecule is CC(C)(C)OC(=O)NCC(CNC(=O)OC(C)(C)C)NC(CCOC(N)=O)Cc1ccccc1. The Bertz CT molecular complexity index is 742. The first-order chi connectivity index (χ1) is 15.7. The molecule has 34 heavy (non-hydrogen) atoms. The minimum absolute atomic E-state index is 0.130. The van der Waals surface area contributed by atoms with Gasteiger partial charge in [-0.25, -0.2) is 14.4 Å². The normalized spacial score (nSPS) is 12.6. The van der Waals surface area contributed by atoms with E-state index in [0.29, 0.717) is 12.8 Å². The molecule has 0 radical (unpaired) electrons. The number of benzene rings is 1. The number of nitrogens with one attached hydrogen (secondary N) is 3. The first-order valence-corrected chi connectivity index (χ1v) is 11.4. The van der Waals surface area contributed by atoms with Crippen LogP contribution in [0.4, 0.5) is 14.4 Å².